The molecule has 17 heavy (non-hydrogen) atoms. The number of hydrogen-bond donors (Lipinski definition) is 0. The Morgan fingerprint density at radius 2 is 2.06 bits per heavy atom. The van der Waals surface area contributed by atoms with Crippen molar-refractivity contribution in [3.63, 3.8) is 0 Å². The van der Waals surface area contributed by atoms with E-state index in [9.17, 15) is 4.79 Å². The highest BCUT2D eigenvalue weighted by molar-refractivity contribution is 9.10. The van der Waals surface area contributed by atoms with E-state index in [-0.39, 0.29) is 5.91 Å². The number of rotatable bonds is 2. The van der Waals surface area contributed by atoms with E-state index in [1.54, 1.807) is 31.4 Å². The van der Waals surface area contributed by atoms with Crippen LogP contribution in [-0.2, 0) is 0 Å². The van der Waals surface area contributed by atoms with Gasteiger partial charge in [0, 0.05) is 19.4 Å². The maximum Gasteiger partial charge on any atom is 0.260 e. The number of aromatic nitrogens is 2. The largest absolute Gasteiger partial charge is 0.296 e. The molecule has 0 fully saturated rings. The summed E-state index contributed by atoms with van der Waals surface area (Å²) in [6.07, 6.45) is 3.19. The van der Waals surface area contributed by atoms with Crippen LogP contribution in [0.25, 0.3) is 0 Å². The van der Waals surface area contributed by atoms with Crippen LogP contribution >= 0.6 is 15.9 Å². The van der Waals surface area contributed by atoms with Crippen molar-refractivity contribution in [1.82, 2.24) is 9.97 Å². The molecule has 0 radical (unpaired) electrons. The Morgan fingerprint density at radius 3 is 2.65 bits per heavy atom. The van der Waals surface area contributed by atoms with Crippen LogP contribution in [0.2, 0.25) is 0 Å². The van der Waals surface area contributed by atoms with Gasteiger partial charge in [0.15, 0.2) is 0 Å². The van der Waals surface area contributed by atoms with Crippen molar-refractivity contribution in [2.24, 2.45) is 0 Å². The minimum atomic E-state index is -0.135. The van der Waals surface area contributed by atoms with Crippen molar-refractivity contribution in [1.29, 1.82) is 0 Å². The number of halogens is 1. The summed E-state index contributed by atoms with van der Waals surface area (Å²) in [4.78, 5) is 21.7. The van der Waals surface area contributed by atoms with Crippen LogP contribution < -0.4 is 4.90 Å². The zero-order valence-corrected chi connectivity index (χ0v) is 10.8. The molecule has 2 heterocycles. The molecular formula is C12H10BrN3O. The van der Waals surface area contributed by atoms with E-state index in [1.165, 1.54) is 11.1 Å². The number of carbonyl (C=O) groups excluding carboxylic acids is 1. The van der Waals surface area contributed by atoms with Crippen molar-refractivity contribution in [3.8, 4) is 0 Å². The van der Waals surface area contributed by atoms with E-state index < -0.39 is 0 Å². The summed E-state index contributed by atoms with van der Waals surface area (Å²) in [6, 6.07) is 8.89. The average molecular weight is 292 g/mol. The molecule has 2 aromatic rings. The Bertz CT molecular complexity index is 513. The summed E-state index contributed by atoms with van der Waals surface area (Å²) >= 11 is 3.23. The molecule has 0 atom stereocenters. The Hall–Kier alpha value is -1.75. The first-order valence-corrected chi connectivity index (χ1v) is 5.78. The first-order valence-electron chi connectivity index (χ1n) is 4.99. The fourth-order valence-electron chi connectivity index (χ4n) is 1.35. The van der Waals surface area contributed by atoms with Crippen LogP contribution in [-0.4, -0.2) is 22.9 Å². The van der Waals surface area contributed by atoms with Gasteiger partial charge in [0.05, 0.1) is 5.56 Å². The van der Waals surface area contributed by atoms with Gasteiger partial charge in [0.2, 0.25) is 0 Å². The van der Waals surface area contributed by atoms with Crippen LogP contribution in [0.15, 0.2) is 47.3 Å². The Morgan fingerprint density at radius 1 is 1.24 bits per heavy atom. The summed E-state index contributed by atoms with van der Waals surface area (Å²) in [7, 11) is 1.69. The summed E-state index contributed by atoms with van der Waals surface area (Å²) < 4.78 is 0.703. The third kappa shape index (κ3) is 2.68. The predicted octanol–water partition coefficient (Wildman–Crippen LogP) is 2.52. The average Bonchev–Trinajstić information content (AvgIpc) is 2.39. The summed E-state index contributed by atoms with van der Waals surface area (Å²) in [5.41, 5.74) is 0.529. The van der Waals surface area contributed by atoms with Crippen LogP contribution in [0.5, 0.6) is 0 Å². The zero-order valence-electron chi connectivity index (χ0n) is 9.17. The number of amides is 1. The van der Waals surface area contributed by atoms with Gasteiger partial charge < -0.3 is 0 Å². The fraction of sp³-hybridized carbons (Fsp3) is 0.0833. The van der Waals surface area contributed by atoms with E-state index in [2.05, 4.69) is 25.9 Å². The molecule has 2 aromatic heterocycles. The monoisotopic (exact) mass is 291 g/mol. The molecule has 0 saturated heterocycles. The number of nitrogens with zero attached hydrogens (tertiary/aromatic N) is 3. The van der Waals surface area contributed by atoms with Gasteiger partial charge in [0.25, 0.3) is 5.91 Å². The molecule has 0 aliphatic heterocycles. The Labute approximate surface area is 107 Å². The minimum absolute atomic E-state index is 0.135. The van der Waals surface area contributed by atoms with Gasteiger partial charge in [-0.05, 0) is 40.2 Å². The smallest absolute Gasteiger partial charge is 0.260 e. The molecule has 0 aliphatic carbocycles. The van der Waals surface area contributed by atoms with Gasteiger partial charge in [-0.1, -0.05) is 6.07 Å². The topological polar surface area (TPSA) is 46.1 Å². The summed E-state index contributed by atoms with van der Waals surface area (Å²) in [6.45, 7) is 0. The molecule has 0 unspecified atom stereocenters. The van der Waals surface area contributed by atoms with Crippen LogP contribution in [0.1, 0.15) is 10.4 Å². The van der Waals surface area contributed by atoms with Crippen LogP contribution in [0.4, 0.5) is 5.82 Å². The molecule has 1 amide bonds. The fourth-order valence-corrected chi connectivity index (χ4v) is 1.59. The highest BCUT2D eigenvalue weighted by Gasteiger charge is 2.14. The summed E-state index contributed by atoms with van der Waals surface area (Å²) in [5.74, 6) is 0.476. The van der Waals surface area contributed by atoms with Crippen molar-refractivity contribution < 1.29 is 4.79 Å². The normalized spacial score (nSPS) is 10.0. The van der Waals surface area contributed by atoms with Crippen LogP contribution in [0, 0.1) is 0 Å². The molecule has 0 N–H and O–H groups in total. The quantitative estimate of drug-likeness (QED) is 0.799. The highest BCUT2D eigenvalue weighted by Crippen LogP contribution is 2.12. The van der Waals surface area contributed by atoms with Crippen molar-refractivity contribution >= 4 is 27.7 Å². The minimum Gasteiger partial charge on any atom is -0.296 e. The molecule has 0 aliphatic rings. The number of carbonyl (C=O) groups is 1. The second-order valence-electron chi connectivity index (χ2n) is 3.42. The lowest BCUT2D eigenvalue weighted by molar-refractivity contribution is 0.0992. The van der Waals surface area contributed by atoms with Gasteiger partial charge >= 0.3 is 0 Å². The number of anilines is 1. The first kappa shape index (κ1) is 11.7. The molecule has 4 nitrogen and oxygen atoms in total. The van der Waals surface area contributed by atoms with E-state index in [0.717, 1.165) is 0 Å². The maximum absolute atomic E-state index is 12.1. The lowest BCUT2D eigenvalue weighted by Gasteiger charge is -2.15. The lowest BCUT2D eigenvalue weighted by atomic mass is 10.2. The molecule has 5 heteroatoms. The predicted molar refractivity (Wildman–Crippen MR) is 68.9 cm³/mol. The van der Waals surface area contributed by atoms with Gasteiger partial charge in [-0.25, -0.2) is 9.97 Å². The number of hydrogen-bond acceptors (Lipinski definition) is 3. The molecule has 0 saturated carbocycles. The summed E-state index contributed by atoms with van der Waals surface area (Å²) in [5, 5.41) is 0. The molecule has 86 valence electrons. The second kappa shape index (κ2) is 5.05. The lowest BCUT2D eigenvalue weighted by Crippen LogP contribution is -2.27. The highest BCUT2D eigenvalue weighted by atomic mass is 79.9. The Kier molecular flexibility index (Phi) is 3.49. The van der Waals surface area contributed by atoms with Crippen molar-refractivity contribution in [3.05, 3.63) is 52.9 Å². The standard InChI is InChI=1S/C12H10BrN3O/c1-16(11-4-2-3-7-14-11)12(17)9-5-6-10(13)15-8-9/h2-8H,1H3. The van der Waals surface area contributed by atoms with Gasteiger partial charge in [-0.15, -0.1) is 0 Å². The molecule has 0 spiro atoms. The van der Waals surface area contributed by atoms with E-state index in [0.29, 0.717) is 16.0 Å². The molecule has 0 bridgehead atoms. The molecule has 0 aromatic carbocycles. The molecular weight excluding hydrogens is 282 g/mol. The van der Waals surface area contributed by atoms with E-state index in [4.69, 9.17) is 0 Å². The van der Waals surface area contributed by atoms with E-state index >= 15 is 0 Å². The zero-order chi connectivity index (χ0) is 12.3. The first-order chi connectivity index (χ1) is 8.18. The second-order valence-corrected chi connectivity index (χ2v) is 4.23. The third-order valence-corrected chi connectivity index (χ3v) is 2.74. The van der Waals surface area contributed by atoms with Gasteiger partial charge in [-0.3, -0.25) is 9.69 Å². The maximum atomic E-state index is 12.1. The Balaban J connectivity index is 2.23. The van der Waals surface area contributed by atoms with Crippen molar-refractivity contribution in [2.45, 2.75) is 0 Å². The van der Waals surface area contributed by atoms with Gasteiger partial charge in [0.1, 0.15) is 10.4 Å². The third-order valence-electron chi connectivity index (χ3n) is 2.27. The van der Waals surface area contributed by atoms with Crippen LogP contribution in [0.3, 0.4) is 0 Å². The number of pyridine rings is 2. The SMILES string of the molecule is CN(C(=O)c1ccc(Br)nc1)c1ccccn1. The van der Waals surface area contributed by atoms with E-state index in [1.807, 2.05) is 12.1 Å². The van der Waals surface area contributed by atoms with Gasteiger partial charge in [-0.2, -0.15) is 0 Å². The van der Waals surface area contributed by atoms with Crippen molar-refractivity contribution in [2.75, 3.05) is 11.9 Å². The molecule has 2 rings (SSSR count).